The van der Waals surface area contributed by atoms with Gasteiger partial charge in [-0.1, -0.05) is 109 Å². The second-order valence-electron chi connectivity index (χ2n) is 9.08. The van der Waals surface area contributed by atoms with Gasteiger partial charge in [0.05, 0.1) is 9.13 Å². The predicted octanol–water partition coefficient (Wildman–Crippen LogP) is 8.78. The van der Waals surface area contributed by atoms with E-state index >= 15 is 0 Å². The molecule has 4 heteroatoms. The van der Waals surface area contributed by atoms with E-state index in [4.69, 9.17) is 0 Å². The summed E-state index contributed by atoms with van der Waals surface area (Å²) in [6.07, 6.45) is 21.6. The number of carbonyl (C=O) groups excluding carboxylic acids is 1. The zero-order valence-electron chi connectivity index (χ0n) is 20.4. The number of amides is 1. The molecule has 1 aromatic carbocycles. The Bertz CT molecular complexity index is 630. The van der Waals surface area contributed by atoms with Crippen LogP contribution in [-0.4, -0.2) is 12.5 Å². The topological polar surface area (TPSA) is 46.2 Å². The number of carbonyl (C=O) groups is 1. The highest BCUT2D eigenvalue weighted by molar-refractivity contribution is 14.1. The van der Waals surface area contributed by atoms with Crippen LogP contribution in [0.4, 0.5) is 0 Å². The second kappa shape index (κ2) is 18.8. The fourth-order valence-electron chi connectivity index (χ4n) is 4.19. The van der Waals surface area contributed by atoms with E-state index in [0.717, 1.165) is 21.1 Å². The summed E-state index contributed by atoms with van der Waals surface area (Å²) in [7, 11) is 0. The second-order valence-corrected chi connectivity index (χ2v) is 10.6. The van der Waals surface area contributed by atoms with Crippen molar-refractivity contribution in [2.24, 2.45) is 0 Å². The van der Waals surface area contributed by atoms with Crippen LogP contribution in [0.1, 0.15) is 131 Å². The lowest BCUT2D eigenvalue weighted by molar-refractivity contribution is 0.0951. The molecule has 31 heavy (non-hydrogen) atoms. The van der Waals surface area contributed by atoms with Crippen LogP contribution in [-0.2, 0) is 3.07 Å². The molecule has 0 atom stereocenters. The summed E-state index contributed by atoms with van der Waals surface area (Å²) in [5.41, 5.74) is 2.62. The quantitative estimate of drug-likeness (QED) is 0.140. The van der Waals surface area contributed by atoms with Crippen LogP contribution in [0.5, 0.6) is 0 Å². The van der Waals surface area contributed by atoms with E-state index in [0.29, 0.717) is 12.1 Å². The average molecular weight is 544 g/mol. The molecule has 3 nitrogen and oxygen atoms in total. The van der Waals surface area contributed by atoms with Gasteiger partial charge >= 0.3 is 0 Å². The first-order valence-corrected chi connectivity index (χ1v) is 14.7. The van der Waals surface area contributed by atoms with Crippen LogP contribution >= 0.6 is 21.2 Å². The van der Waals surface area contributed by atoms with E-state index in [1.165, 1.54) is 96.3 Å². The van der Waals surface area contributed by atoms with E-state index in [1.54, 1.807) is 0 Å². The van der Waals surface area contributed by atoms with Crippen LogP contribution < -0.4 is 5.32 Å². The zero-order chi connectivity index (χ0) is 22.7. The summed E-state index contributed by atoms with van der Waals surface area (Å²) >= 11 is -1.33. The molecule has 0 heterocycles. The lowest BCUT2D eigenvalue weighted by Crippen LogP contribution is -2.25. The van der Waals surface area contributed by atoms with E-state index in [1.807, 2.05) is 26.0 Å². The number of halogens is 1. The Morgan fingerprint density at radius 2 is 1.19 bits per heavy atom. The number of hydrogen-bond acceptors (Lipinski definition) is 2. The molecule has 0 aliphatic carbocycles. The summed E-state index contributed by atoms with van der Waals surface area (Å²) in [5, 5.41) is 3.02. The predicted molar refractivity (Wildman–Crippen MR) is 141 cm³/mol. The molecular formula is C27H46INO2. The Kier molecular flexibility index (Phi) is 17.1. The summed E-state index contributed by atoms with van der Waals surface area (Å²) in [6.45, 7) is 6.90. The molecule has 0 bridgehead atoms. The first kappa shape index (κ1) is 28.3. The van der Waals surface area contributed by atoms with Crippen molar-refractivity contribution in [1.82, 2.24) is 5.32 Å². The normalized spacial score (nSPS) is 11.1. The number of benzene rings is 1. The third-order valence-corrected chi connectivity index (χ3v) is 7.91. The van der Waals surface area contributed by atoms with Gasteiger partial charge in [-0.25, -0.2) is 0 Å². The van der Waals surface area contributed by atoms with E-state index < -0.39 is 21.2 Å². The highest BCUT2D eigenvalue weighted by Crippen LogP contribution is 2.22. The minimum Gasteiger partial charge on any atom is -0.352 e. The average Bonchev–Trinajstić information content (AvgIpc) is 2.75. The minimum absolute atomic E-state index is 0.0710. The maximum atomic E-state index is 12.5. The Morgan fingerprint density at radius 3 is 1.65 bits per heavy atom. The maximum absolute atomic E-state index is 12.5. The Morgan fingerprint density at radius 1 is 0.742 bits per heavy atom. The van der Waals surface area contributed by atoms with Crippen LogP contribution in [0.2, 0.25) is 0 Å². The van der Waals surface area contributed by atoms with Crippen molar-refractivity contribution in [3.8, 4) is 0 Å². The molecule has 0 fully saturated rings. The first-order valence-electron chi connectivity index (χ1n) is 12.8. The molecule has 1 rings (SSSR count). The molecule has 1 N–H and O–H groups in total. The van der Waals surface area contributed by atoms with Gasteiger partial charge in [0.2, 0.25) is 0 Å². The van der Waals surface area contributed by atoms with E-state index in [2.05, 4.69) is 12.2 Å². The fraction of sp³-hybridized carbons (Fsp3) is 0.741. The molecule has 0 aliphatic heterocycles. The van der Waals surface area contributed by atoms with Crippen LogP contribution in [0.15, 0.2) is 12.1 Å². The number of nitrogens with one attached hydrogen (secondary N) is 1. The van der Waals surface area contributed by atoms with Crippen LogP contribution in [0.25, 0.3) is 0 Å². The smallest absolute Gasteiger partial charge is 0.252 e. The van der Waals surface area contributed by atoms with Gasteiger partial charge in [-0.3, -0.25) is 7.86 Å². The molecule has 0 radical (unpaired) electrons. The van der Waals surface area contributed by atoms with Crippen molar-refractivity contribution in [2.75, 3.05) is 6.54 Å². The molecule has 0 unspecified atom stereocenters. The lowest BCUT2D eigenvalue weighted by atomic mass is 10.0. The summed E-state index contributed by atoms with van der Waals surface area (Å²) in [6, 6.07) is 3.86. The van der Waals surface area contributed by atoms with Crippen LogP contribution in [0, 0.1) is 17.4 Å². The Hall–Kier alpha value is -0.780. The van der Waals surface area contributed by atoms with Gasteiger partial charge in [0, 0.05) is 6.54 Å². The van der Waals surface area contributed by atoms with Gasteiger partial charge in [0.25, 0.3) is 5.91 Å². The van der Waals surface area contributed by atoms with Gasteiger partial charge in [0.1, 0.15) is 0 Å². The van der Waals surface area contributed by atoms with Crippen molar-refractivity contribution in [3.05, 3.63) is 32.4 Å². The van der Waals surface area contributed by atoms with Crippen molar-refractivity contribution >= 4 is 27.1 Å². The maximum Gasteiger partial charge on any atom is 0.252 e. The molecule has 0 aromatic heterocycles. The van der Waals surface area contributed by atoms with Gasteiger partial charge in [-0.05, 0) is 37.5 Å². The molecule has 0 aliphatic rings. The molecule has 1 aromatic rings. The number of rotatable bonds is 19. The van der Waals surface area contributed by atoms with Crippen molar-refractivity contribution in [1.29, 1.82) is 0 Å². The third kappa shape index (κ3) is 13.4. The highest BCUT2D eigenvalue weighted by atomic mass is 127. The fourth-order valence-corrected chi connectivity index (χ4v) is 5.33. The van der Waals surface area contributed by atoms with Gasteiger partial charge in [-0.2, -0.15) is 0 Å². The molecule has 0 spiro atoms. The lowest BCUT2D eigenvalue weighted by Gasteiger charge is -2.10. The monoisotopic (exact) mass is 543 g/mol. The zero-order valence-corrected chi connectivity index (χ0v) is 22.5. The molecule has 0 saturated carbocycles. The van der Waals surface area contributed by atoms with Gasteiger partial charge in [-0.15, -0.1) is 0 Å². The highest BCUT2D eigenvalue weighted by Gasteiger charge is 2.14. The van der Waals surface area contributed by atoms with E-state index in [9.17, 15) is 7.86 Å². The Balaban J connectivity index is 1.95. The van der Waals surface area contributed by atoms with Crippen LogP contribution in [0.3, 0.4) is 0 Å². The Labute approximate surface area is 202 Å². The van der Waals surface area contributed by atoms with Crippen molar-refractivity contribution < 1.29 is 7.86 Å². The SMILES string of the molecule is CCCCCCCCCCCCCCCCCCNC(=O)c1cc(C)cc(C)c1I=O. The van der Waals surface area contributed by atoms with Gasteiger partial charge in [0.15, 0.2) is 21.2 Å². The molecule has 1 amide bonds. The molecule has 178 valence electrons. The standard InChI is InChI=1S/C27H46INO2/c1-4-5-6-7-8-9-10-11-12-13-14-15-16-17-18-19-20-29-27(30)25-22-23(2)21-24(3)26(25)28-31/h21-22H,4-20H2,1-3H3,(H,29,30). The van der Waals surface area contributed by atoms with Crippen molar-refractivity contribution in [2.45, 2.75) is 124 Å². The first-order chi connectivity index (χ1) is 15.1. The molecule has 0 saturated heterocycles. The summed E-state index contributed by atoms with van der Waals surface area (Å²) in [4.78, 5) is 12.5. The summed E-state index contributed by atoms with van der Waals surface area (Å²) < 4.78 is 12.3. The number of hydrogen-bond donors (Lipinski definition) is 1. The number of aryl methyl sites for hydroxylation is 2. The molecular weight excluding hydrogens is 497 g/mol. The third-order valence-electron chi connectivity index (χ3n) is 6.04. The van der Waals surface area contributed by atoms with Crippen molar-refractivity contribution in [3.63, 3.8) is 0 Å². The summed E-state index contributed by atoms with van der Waals surface area (Å²) in [5.74, 6) is -0.0710. The van der Waals surface area contributed by atoms with Gasteiger partial charge < -0.3 is 5.32 Å². The number of unbranched alkanes of at least 4 members (excludes halogenated alkanes) is 15. The van der Waals surface area contributed by atoms with E-state index in [-0.39, 0.29) is 5.91 Å². The minimum atomic E-state index is -1.33. The largest absolute Gasteiger partial charge is 0.352 e.